The van der Waals surface area contributed by atoms with Gasteiger partial charge in [0.2, 0.25) is 0 Å². The first kappa shape index (κ1) is 15.9. The van der Waals surface area contributed by atoms with Crippen molar-refractivity contribution in [2.45, 2.75) is 13.1 Å². The summed E-state index contributed by atoms with van der Waals surface area (Å²) < 4.78 is 38.0. The van der Waals surface area contributed by atoms with Gasteiger partial charge in [0.15, 0.2) is 0 Å². The Balaban J connectivity index is 2.52. The lowest BCUT2D eigenvalue weighted by Gasteiger charge is -2.06. The van der Waals surface area contributed by atoms with Crippen LogP contribution in [0.15, 0.2) is 36.4 Å². The van der Waals surface area contributed by atoms with E-state index in [-0.39, 0.29) is 5.69 Å². The van der Waals surface area contributed by atoms with Gasteiger partial charge < -0.3 is 10.3 Å². The topological polar surface area (TPSA) is 40.7 Å². The van der Waals surface area contributed by atoms with E-state index < -0.39 is 11.7 Å². The van der Waals surface area contributed by atoms with Gasteiger partial charge in [0.05, 0.1) is 11.4 Å². The molecular formula is C16H16F3N3. The Morgan fingerprint density at radius 2 is 2.00 bits per heavy atom. The molecule has 0 radical (unpaired) electrons. The molecule has 116 valence electrons. The molecule has 0 amide bonds. The molecule has 1 heterocycles. The fourth-order valence-corrected chi connectivity index (χ4v) is 2.00. The Bertz CT molecular complexity index is 712. The van der Waals surface area contributed by atoms with E-state index in [1.54, 1.807) is 7.05 Å². The van der Waals surface area contributed by atoms with Crippen LogP contribution in [-0.4, -0.2) is 23.2 Å². The minimum atomic E-state index is -4.37. The number of imidazole rings is 1. The number of alkyl halides is 3. The molecule has 1 aromatic carbocycles. The number of hydrogen-bond acceptors (Lipinski definition) is 2. The number of rotatable bonds is 4. The van der Waals surface area contributed by atoms with Gasteiger partial charge >= 0.3 is 6.18 Å². The van der Waals surface area contributed by atoms with Crippen LogP contribution in [0.4, 0.5) is 18.9 Å². The molecule has 0 aliphatic heterocycles. The van der Waals surface area contributed by atoms with Crippen LogP contribution in [0.1, 0.15) is 18.3 Å². The summed E-state index contributed by atoms with van der Waals surface area (Å²) in [5.41, 5.74) is 1.57. The zero-order valence-corrected chi connectivity index (χ0v) is 12.3. The third-order valence-electron chi connectivity index (χ3n) is 3.21. The van der Waals surface area contributed by atoms with Crippen LogP contribution in [0.5, 0.6) is 0 Å². The van der Waals surface area contributed by atoms with Crippen LogP contribution in [0, 0.1) is 0 Å². The van der Waals surface area contributed by atoms with E-state index >= 15 is 0 Å². The van der Waals surface area contributed by atoms with Gasteiger partial charge in [0.1, 0.15) is 5.82 Å². The molecule has 22 heavy (non-hydrogen) atoms. The normalized spacial score (nSPS) is 12.3. The van der Waals surface area contributed by atoms with Crippen molar-refractivity contribution in [2.75, 3.05) is 12.4 Å². The lowest BCUT2D eigenvalue weighted by atomic mass is 10.1. The molecule has 1 aromatic heterocycles. The smallest absolute Gasteiger partial charge is 0.388 e. The number of para-hydroxylation sites is 1. The van der Waals surface area contributed by atoms with Crippen molar-refractivity contribution in [1.82, 2.24) is 9.97 Å². The third kappa shape index (κ3) is 3.21. The number of aromatic amines is 1. The molecule has 0 spiro atoms. The first-order chi connectivity index (χ1) is 10.4. The molecule has 2 rings (SSSR count). The molecule has 0 saturated carbocycles. The van der Waals surface area contributed by atoms with E-state index in [2.05, 4.69) is 21.9 Å². The van der Waals surface area contributed by atoms with Crippen LogP contribution in [0.3, 0.4) is 0 Å². The standard InChI is InChI=1S/C16H16F3N3/c1-4-12-14(9-10(2)16(17,18)19)22-15(21-12)11-7-5-6-8-13(11)20-3/h4-9,20H,1H2,2-3H3,(H,21,22)/b10-9+. The van der Waals surface area contributed by atoms with Gasteiger partial charge in [-0.25, -0.2) is 4.98 Å². The molecule has 2 aromatic rings. The number of halogens is 3. The summed E-state index contributed by atoms with van der Waals surface area (Å²) in [6, 6.07) is 7.40. The van der Waals surface area contributed by atoms with Crippen molar-refractivity contribution in [2.24, 2.45) is 0 Å². The van der Waals surface area contributed by atoms with Crippen molar-refractivity contribution >= 4 is 17.8 Å². The SMILES string of the molecule is C=Cc1nc(-c2ccccc2NC)[nH]c1/C=C(\C)C(F)(F)F. The predicted octanol–water partition coefficient (Wildman–Crippen LogP) is 4.73. The van der Waals surface area contributed by atoms with Crippen LogP contribution in [0.2, 0.25) is 0 Å². The number of aromatic nitrogens is 2. The number of benzene rings is 1. The molecule has 0 unspecified atom stereocenters. The number of anilines is 1. The van der Waals surface area contributed by atoms with Gasteiger partial charge in [-0.3, -0.25) is 0 Å². The molecule has 0 fully saturated rings. The van der Waals surface area contributed by atoms with Gasteiger partial charge in [-0.15, -0.1) is 0 Å². The Morgan fingerprint density at radius 1 is 1.32 bits per heavy atom. The average Bonchev–Trinajstić information content (AvgIpc) is 2.89. The summed E-state index contributed by atoms with van der Waals surface area (Å²) in [6.07, 6.45) is -1.90. The van der Waals surface area contributed by atoms with Crippen molar-refractivity contribution in [3.05, 3.63) is 47.8 Å². The molecule has 6 heteroatoms. The number of hydrogen-bond donors (Lipinski definition) is 2. The van der Waals surface area contributed by atoms with Crippen LogP contribution in [-0.2, 0) is 0 Å². The zero-order valence-electron chi connectivity index (χ0n) is 12.3. The van der Waals surface area contributed by atoms with Crippen LogP contribution in [0.25, 0.3) is 23.5 Å². The highest BCUT2D eigenvalue weighted by Crippen LogP contribution is 2.30. The Labute approximate surface area is 126 Å². The minimum Gasteiger partial charge on any atom is -0.388 e. The van der Waals surface area contributed by atoms with Gasteiger partial charge in [-0.2, -0.15) is 13.2 Å². The zero-order chi connectivity index (χ0) is 16.3. The average molecular weight is 307 g/mol. The summed E-state index contributed by atoms with van der Waals surface area (Å²) in [7, 11) is 1.77. The summed E-state index contributed by atoms with van der Waals surface area (Å²) in [4.78, 5) is 7.25. The van der Waals surface area contributed by atoms with E-state index in [0.717, 1.165) is 24.3 Å². The predicted molar refractivity (Wildman–Crippen MR) is 83.4 cm³/mol. The Hall–Kier alpha value is -2.50. The molecule has 0 atom stereocenters. The van der Waals surface area contributed by atoms with Crippen molar-refractivity contribution in [1.29, 1.82) is 0 Å². The monoisotopic (exact) mass is 307 g/mol. The van der Waals surface area contributed by atoms with Crippen molar-refractivity contribution in [3.8, 4) is 11.4 Å². The minimum absolute atomic E-state index is 0.283. The summed E-state index contributed by atoms with van der Waals surface area (Å²) in [6.45, 7) is 4.62. The fourth-order valence-electron chi connectivity index (χ4n) is 2.00. The van der Waals surface area contributed by atoms with E-state index in [9.17, 15) is 13.2 Å². The lowest BCUT2D eigenvalue weighted by molar-refractivity contribution is -0.0903. The number of allylic oxidation sites excluding steroid dienone is 1. The summed E-state index contributed by atoms with van der Waals surface area (Å²) >= 11 is 0. The maximum Gasteiger partial charge on any atom is 0.412 e. The van der Waals surface area contributed by atoms with E-state index in [0.29, 0.717) is 11.5 Å². The van der Waals surface area contributed by atoms with E-state index in [4.69, 9.17) is 0 Å². The second kappa shape index (κ2) is 6.09. The second-order valence-electron chi connectivity index (χ2n) is 4.71. The number of nitrogens with zero attached hydrogens (tertiary/aromatic N) is 1. The molecule has 3 nitrogen and oxygen atoms in total. The lowest BCUT2D eigenvalue weighted by Crippen LogP contribution is -2.08. The molecule has 0 bridgehead atoms. The van der Waals surface area contributed by atoms with Crippen LogP contribution >= 0.6 is 0 Å². The molecule has 2 N–H and O–H groups in total. The van der Waals surface area contributed by atoms with Crippen LogP contribution < -0.4 is 5.32 Å². The van der Waals surface area contributed by atoms with Gasteiger partial charge in [0, 0.05) is 23.9 Å². The van der Waals surface area contributed by atoms with Gasteiger partial charge in [0.25, 0.3) is 0 Å². The summed E-state index contributed by atoms with van der Waals surface area (Å²) in [5.74, 6) is 0.487. The fraction of sp³-hybridized carbons (Fsp3) is 0.188. The first-order valence-electron chi connectivity index (χ1n) is 6.62. The van der Waals surface area contributed by atoms with Gasteiger partial charge in [-0.05, 0) is 31.2 Å². The highest BCUT2D eigenvalue weighted by molar-refractivity contribution is 5.76. The molecular weight excluding hydrogens is 291 g/mol. The Morgan fingerprint density at radius 3 is 2.59 bits per heavy atom. The largest absolute Gasteiger partial charge is 0.412 e. The number of H-pyrrole nitrogens is 1. The van der Waals surface area contributed by atoms with Crippen molar-refractivity contribution < 1.29 is 13.2 Å². The Kier molecular flexibility index (Phi) is 4.40. The maximum absolute atomic E-state index is 12.7. The molecule has 0 saturated heterocycles. The first-order valence-corrected chi connectivity index (χ1v) is 6.62. The maximum atomic E-state index is 12.7. The molecule has 0 aliphatic carbocycles. The van der Waals surface area contributed by atoms with E-state index in [1.807, 2.05) is 24.3 Å². The quantitative estimate of drug-likeness (QED) is 0.857. The third-order valence-corrected chi connectivity index (χ3v) is 3.21. The summed E-state index contributed by atoms with van der Waals surface area (Å²) in [5, 5.41) is 3.02. The van der Waals surface area contributed by atoms with Crippen molar-refractivity contribution in [3.63, 3.8) is 0 Å². The second-order valence-corrected chi connectivity index (χ2v) is 4.71. The number of nitrogens with one attached hydrogen (secondary N) is 2. The van der Waals surface area contributed by atoms with Gasteiger partial charge in [-0.1, -0.05) is 18.7 Å². The van der Waals surface area contributed by atoms with E-state index in [1.165, 1.54) is 6.08 Å². The highest BCUT2D eigenvalue weighted by atomic mass is 19.4. The highest BCUT2D eigenvalue weighted by Gasteiger charge is 2.30. The molecule has 0 aliphatic rings.